The summed E-state index contributed by atoms with van der Waals surface area (Å²) in [6, 6.07) is 4.41. The lowest BCUT2D eigenvalue weighted by molar-refractivity contribution is -0.120. The standard InChI is InChI=1S/C12H16ClN3O2/c1-3-12(2,15)11(18)16-9-6-7(10(14)17)4-5-8(9)13/h4-6H,3,15H2,1-2H3,(H2,14,17)(H,16,18). The van der Waals surface area contributed by atoms with Gasteiger partial charge in [0.2, 0.25) is 11.8 Å². The van der Waals surface area contributed by atoms with Crippen LogP contribution < -0.4 is 16.8 Å². The molecule has 0 aliphatic carbocycles. The third-order valence-corrected chi connectivity index (χ3v) is 3.08. The molecule has 1 unspecified atom stereocenters. The molecule has 98 valence electrons. The quantitative estimate of drug-likeness (QED) is 0.772. The molecule has 0 bridgehead atoms. The first-order valence-corrected chi connectivity index (χ1v) is 5.85. The minimum absolute atomic E-state index is 0.268. The summed E-state index contributed by atoms with van der Waals surface area (Å²) in [6.45, 7) is 3.43. The van der Waals surface area contributed by atoms with E-state index in [0.717, 1.165) is 0 Å². The first-order valence-electron chi connectivity index (χ1n) is 5.47. The van der Waals surface area contributed by atoms with Crippen molar-refractivity contribution in [2.24, 2.45) is 11.5 Å². The highest BCUT2D eigenvalue weighted by Crippen LogP contribution is 2.24. The molecule has 2 amide bonds. The smallest absolute Gasteiger partial charge is 0.248 e. The summed E-state index contributed by atoms with van der Waals surface area (Å²) in [6.07, 6.45) is 0.478. The summed E-state index contributed by atoms with van der Waals surface area (Å²) < 4.78 is 0. The highest BCUT2D eigenvalue weighted by molar-refractivity contribution is 6.34. The molecule has 1 aromatic rings. The average Bonchev–Trinajstić information content (AvgIpc) is 2.31. The summed E-state index contributed by atoms with van der Waals surface area (Å²) in [7, 11) is 0. The molecule has 1 atom stereocenters. The Balaban J connectivity index is 3.01. The molecular formula is C12H16ClN3O2. The van der Waals surface area contributed by atoms with Crippen LogP contribution in [0.2, 0.25) is 5.02 Å². The topological polar surface area (TPSA) is 98.2 Å². The maximum absolute atomic E-state index is 11.9. The molecule has 0 heterocycles. The van der Waals surface area contributed by atoms with Crippen LogP contribution in [0, 0.1) is 0 Å². The minimum Gasteiger partial charge on any atom is -0.366 e. The summed E-state index contributed by atoms with van der Waals surface area (Å²) >= 11 is 5.93. The van der Waals surface area contributed by atoms with Crippen LogP contribution in [0.1, 0.15) is 30.6 Å². The van der Waals surface area contributed by atoms with Gasteiger partial charge in [-0.2, -0.15) is 0 Å². The van der Waals surface area contributed by atoms with E-state index in [9.17, 15) is 9.59 Å². The lowest BCUT2D eigenvalue weighted by Crippen LogP contribution is -2.47. The van der Waals surface area contributed by atoms with Gasteiger partial charge in [0.1, 0.15) is 0 Å². The zero-order chi connectivity index (χ0) is 13.9. The van der Waals surface area contributed by atoms with E-state index in [0.29, 0.717) is 17.1 Å². The number of carbonyl (C=O) groups is 2. The van der Waals surface area contributed by atoms with E-state index >= 15 is 0 Å². The van der Waals surface area contributed by atoms with Crippen molar-refractivity contribution < 1.29 is 9.59 Å². The van der Waals surface area contributed by atoms with Gasteiger partial charge in [0.25, 0.3) is 0 Å². The van der Waals surface area contributed by atoms with Crippen LogP contribution in [-0.4, -0.2) is 17.4 Å². The van der Waals surface area contributed by atoms with Gasteiger partial charge in [-0.3, -0.25) is 9.59 Å². The van der Waals surface area contributed by atoms with E-state index in [2.05, 4.69) is 5.32 Å². The number of halogens is 1. The van der Waals surface area contributed by atoms with Crippen LogP contribution in [-0.2, 0) is 4.79 Å². The molecule has 0 aromatic heterocycles. The van der Waals surface area contributed by atoms with Crippen LogP contribution >= 0.6 is 11.6 Å². The lowest BCUT2D eigenvalue weighted by atomic mass is 9.99. The van der Waals surface area contributed by atoms with Gasteiger partial charge in [-0.05, 0) is 31.5 Å². The van der Waals surface area contributed by atoms with Crippen molar-refractivity contribution in [3.05, 3.63) is 28.8 Å². The van der Waals surface area contributed by atoms with Gasteiger partial charge >= 0.3 is 0 Å². The number of anilines is 1. The Morgan fingerprint density at radius 3 is 2.56 bits per heavy atom. The fraction of sp³-hybridized carbons (Fsp3) is 0.333. The molecule has 0 fully saturated rings. The fourth-order valence-corrected chi connectivity index (χ4v) is 1.36. The van der Waals surface area contributed by atoms with Crippen molar-refractivity contribution >= 4 is 29.1 Å². The largest absolute Gasteiger partial charge is 0.366 e. The second-order valence-electron chi connectivity index (χ2n) is 4.28. The normalized spacial score (nSPS) is 13.8. The number of hydrogen-bond acceptors (Lipinski definition) is 3. The van der Waals surface area contributed by atoms with Crippen LogP contribution in [0.3, 0.4) is 0 Å². The monoisotopic (exact) mass is 269 g/mol. The summed E-state index contributed by atoms with van der Waals surface area (Å²) in [5, 5.41) is 2.91. The van der Waals surface area contributed by atoms with Gasteiger partial charge in [-0.1, -0.05) is 18.5 Å². The molecule has 6 heteroatoms. The average molecular weight is 270 g/mol. The van der Waals surface area contributed by atoms with Gasteiger partial charge in [-0.25, -0.2) is 0 Å². The van der Waals surface area contributed by atoms with E-state index in [1.165, 1.54) is 18.2 Å². The molecule has 0 saturated heterocycles. The van der Waals surface area contributed by atoms with Crippen molar-refractivity contribution in [2.75, 3.05) is 5.32 Å². The van der Waals surface area contributed by atoms with E-state index in [1.807, 2.05) is 0 Å². The maximum Gasteiger partial charge on any atom is 0.248 e. The second-order valence-corrected chi connectivity index (χ2v) is 4.69. The molecule has 0 spiro atoms. The van der Waals surface area contributed by atoms with Crippen LogP contribution in [0.25, 0.3) is 0 Å². The first-order chi connectivity index (χ1) is 8.27. The van der Waals surface area contributed by atoms with Crippen molar-refractivity contribution in [1.29, 1.82) is 0 Å². The Morgan fingerprint density at radius 2 is 2.06 bits per heavy atom. The Labute approximate surface area is 110 Å². The van der Waals surface area contributed by atoms with Gasteiger partial charge < -0.3 is 16.8 Å². The Hall–Kier alpha value is -1.59. The molecule has 1 aromatic carbocycles. The van der Waals surface area contributed by atoms with E-state index in [4.69, 9.17) is 23.1 Å². The van der Waals surface area contributed by atoms with Crippen LogP contribution in [0.15, 0.2) is 18.2 Å². The number of carbonyl (C=O) groups excluding carboxylic acids is 2. The lowest BCUT2D eigenvalue weighted by Gasteiger charge is -2.22. The number of amides is 2. The molecular weight excluding hydrogens is 254 g/mol. The molecule has 5 nitrogen and oxygen atoms in total. The van der Waals surface area contributed by atoms with Crippen molar-refractivity contribution in [1.82, 2.24) is 0 Å². The predicted octanol–water partition coefficient (Wildman–Crippen LogP) is 1.50. The summed E-state index contributed by atoms with van der Waals surface area (Å²) in [4.78, 5) is 22.9. The molecule has 5 N–H and O–H groups in total. The van der Waals surface area contributed by atoms with Crippen LogP contribution in [0.5, 0.6) is 0 Å². The predicted molar refractivity (Wildman–Crippen MR) is 71.5 cm³/mol. The number of benzene rings is 1. The number of nitrogens with two attached hydrogens (primary N) is 2. The summed E-state index contributed by atoms with van der Waals surface area (Å²) in [5.74, 6) is -0.957. The van der Waals surface area contributed by atoms with E-state index in [1.54, 1.807) is 13.8 Å². The molecule has 1 rings (SSSR count). The van der Waals surface area contributed by atoms with Gasteiger partial charge in [-0.15, -0.1) is 0 Å². The van der Waals surface area contributed by atoms with Crippen molar-refractivity contribution in [3.8, 4) is 0 Å². The number of primary amides is 1. The van der Waals surface area contributed by atoms with Gasteiger partial charge in [0, 0.05) is 5.56 Å². The van der Waals surface area contributed by atoms with Crippen LogP contribution in [0.4, 0.5) is 5.69 Å². The molecule has 0 radical (unpaired) electrons. The minimum atomic E-state index is -0.994. The molecule has 18 heavy (non-hydrogen) atoms. The summed E-state index contributed by atoms with van der Waals surface area (Å²) in [5.41, 5.74) is 10.6. The zero-order valence-corrected chi connectivity index (χ0v) is 11.0. The first kappa shape index (κ1) is 14.5. The van der Waals surface area contributed by atoms with Gasteiger partial charge in [0.15, 0.2) is 0 Å². The highest BCUT2D eigenvalue weighted by Gasteiger charge is 2.26. The van der Waals surface area contributed by atoms with Crippen molar-refractivity contribution in [3.63, 3.8) is 0 Å². The Morgan fingerprint density at radius 1 is 1.44 bits per heavy atom. The third-order valence-electron chi connectivity index (χ3n) is 2.75. The second kappa shape index (κ2) is 5.37. The Bertz CT molecular complexity index is 486. The Kier molecular flexibility index (Phi) is 4.32. The molecule has 0 aliphatic rings. The SMILES string of the molecule is CCC(C)(N)C(=O)Nc1cc(C(N)=O)ccc1Cl. The molecule has 0 saturated carbocycles. The van der Waals surface area contributed by atoms with Gasteiger partial charge in [0.05, 0.1) is 16.2 Å². The highest BCUT2D eigenvalue weighted by atomic mass is 35.5. The third kappa shape index (κ3) is 3.21. The zero-order valence-electron chi connectivity index (χ0n) is 10.3. The van der Waals surface area contributed by atoms with E-state index in [-0.39, 0.29) is 11.5 Å². The van der Waals surface area contributed by atoms with E-state index < -0.39 is 11.4 Å². The maximum atomic E-state index is 11.9. The van der Waals surface area contributed by atoms with Crippen molar-refractivity contribution in [2.45, 2.75) is 25.8 Å². The number of rotatable bonds is 4. The number of hydrogen-bond donors (Lipinski definition) is 3. The molecule has 0 aliphatic heterocycles. The fourth-order valence-electron chi connectivity index (χ4n) is 1.20. The number of nitrogens with one attached hydrogen (secondary N) is 1.